The summed E-state index contributed by atoms with van der Waals surface area (Å²) in [6.45, 7) is 14.5. The lowest BCUT2D eigenvalue weighted by atomic mass is 10.0. The van der Waals surface area contributed by atoms with E-state index in [4.69, 9.17) is 14.2 Å². The zero-order valence-corrected chi connectivity index (χ0v) is 15.8. The van der Waals surface area contributed by atoms with Crippen LogP contribution in [0, 0.1) is 11.8 Å². The minimum absolute atomic E-state index is 0.0804. The predicted octanol–water partition coefficient (Wildman–Crippen LogP) is 3.38. The van der Waals surface area contributed by atoms with Crippen LogP contribution in [0.25, 0.3) is 0 Å². The molecule has 2 atom stereocenters. The van der Waals surface area contributed by atoms with Gasteiger partial charge < -0.3 is 14.2 Å². The van der Waals surface area contributed by atoms with Gasteiger partial charge in [-0.3, -0.25) is 9.59 Å². The Morgan fingerprint density at radius 3 is 1.48 bits per heavy atom. The van der Waals surface area contributed by atoms with Crippen molar-refractivity contribution in [3.05, 3.63) is 25.3 Å². The summed E-state index contributed by atoms with van der Waals surface area (Å²) in [5.74, 6) is 0.858. The Balaban J connectivity index is 3.35. The van der Waals surface area contributed by atoms with E-state index in [-0.39, 0.29) is 11.6 Å². The first kappa shape index (κ1) is 23.7. The highest BCUT2D eigenvalue weighted by Crippen LogP contribution is 2.07. The van der Waals surface area contributed by atoms with Crippen molar-refractivity contribution in [3.63, 3.8) is 0 Å². The summed E-state index contributed by atoms with van der Waals surface area (Å²) in [4.78, 5) is 22.3. The van der Waals surface area contributed by atoms with Crippen LogP contribution >= 0.6 is 0 Å². The second-order valence-electron chi connectivity index (χ2n) is 6.39. The fraction of sp³-hybridized carbons (Fsp3) is 0.700. The second-order valence-corrected chi connectivity index (χ2v) is 6.39. The fourth-order valence-corrected chi connectivity index (χ4v) is 2.05. The number of hydrogen-bond acceptors (Lipinski definition) is 5. The van der Waals surface area contributed by atoms with E-state index in [0.29, 0.717) is 64.3 Å². The van der Waals surface area contributed by atoms with Crippen molar-refractivity contribution >= 4 is 11.6 Å². The topological polar surface area (TPSA) is 61.8 Å². The number of ketones is 2. The average molecular weight is 354 g/mol. The van der Waals surface area contributed by atoms with Crippen molar-refractivity contribution in [1.29, 1.82) is 0 Å². The van der Waals surface area contributed by atoms with Crippen LogP contribution in [0.2, 0.25) is 0 Å². The summed E-state index contributed by atoms with van der Waals surface area (Å²) in [5, 5.41) is 0. The Labute approximate surface area is 152 Å². The molecule has 0 aliphatic heterocycles. The third kappa shape index (κ3) is 15.9. The van der Waals surface area contributed by atoms with Crippen LogP contribution in [0.1, 0.15) is 39.5 Å². The van der Waals surface area contributed by atoms with Crippen molar-refractivity contribution in [2.75, 3.05) is 39.6 Å². The van der Waals surface area contributed by atoms with Gasteiger partial charge in [0, 0.05) is 26.1 Å². The average Bonchev–Trinajstić information content (AvgIpc) is 2.62. The number of allylic oxidation sites excluding steroid dienone is 2. The van der Waals surface area contributed by atoms with Crippen LogP contribution in [0.5, 0.6) is 0 Å². The summed E-state index contributed by atoms with van der Waals surface area (Å²) in [6, 6.07) is 0. The highest BCUT2D eigenvalue weighted by atomic mass is 16.5. The van der Waals surface area contributed by atoms with Gasteiger partial charge in [-0.1, -0.05) is 27.0 Å². The van der Waals surface area contributed by atoms with E-state index in [0.717, 1.165) is 12.8 Å². The molecule has 5 nitrogen and oxygen atoms in total. The van der Waals surface area contributed by atoms with Crippen LogP contribution in [-0.2, 0) is 23.8 Å². The SMILES string of the molecule is C=CC(=O)CCC(C)COCCOCCOCC(C)CCC(=O)C=C. The van der Waals surface area contributed by atoms with Gasteiger partial charge >= 0.3 is 0 Å². The first-order valence-corrected chi connectivity index (χ1v) is 9.03. The zero-order chi connectivity index (χ0) is 18.9. The van der Waals surface area contributed by atoms with Gasteiger partial charge in [0.05, 0.1) is 26.4 Å². The Hall–Kier alpha value is -1.30. The standard InChI is InChI=1S/C20H34O5/c1-5-19(21)9-7-17(3)15-24-13-11-23-12-14-25-16-18(4)8-10-20(22)6-2/h5-6,17-18H,1-2,7-16H2,3-4H3. The molecule has 0 aromatic rings. The first-order chi connectivity index (χ1) is 12.0. The molecule has 144 valence electrons. The Morgan fingerprint density at radius 1 is 0.760 bits per heavy atom. The zero-order valence-electron chi connectivity index (χ0n) is 15.8. The predicted molar refractivity (Wildman–Crippen MR) is 99.7 cm³/mol. The molecule has 0 heterocycles. The molecular formula is C20H34O5. The molecule has 0 aliphatic rings. The molecular weight excluding hydrogens is 320 g/mol. The smallest absolute Gasteiger partial charge is 0.155 e. The van der Waals surface area contributed by atoms with Crippen LogP contribution < -0.4 is 0 Å². The third-order valence-corrected chi connectivity index (χ3v) is 3.77. The lowest BCUT2D eigenvalue weighted by Crippen LogP contribution is -2.14. The highest BCUT2D eigenvalue weighted by molar-refractivity contribution is 5.89. The molecule has 0 bridgehead atoms. The summed E-state index contributed by atoms with van der Waals surface area (Å²) < 4.78 is 16.5. The van der Waals surface area contributed by atoms with Gasteiger partial charge in [0.15, 0.2) is 11.6 Å². The van der Waals surface area contributed by atoms with E-state index >= 15 is 0 Å². The maximum Gasteiger partial charge on any atom is 0.155 e. The molecule has 0 aromatic heterocycles. The molecule has 0 amide bonds. The summed E-state index contributed by atoms with van der Waals surface area (Å²) >= 11 is 0. The van der Waals surface area contributed by atoms with Crippen LogP contribution in [0.15, 0.2) is 25.3 Å². The molecule has 2 unspecified atom stereocenters. The minimum atomic E-state index is 0.0804. The van der Waals surface area contributed by atoms with Crippen LogP contribution in [0.4, 0.5) is 0 Å². The molecule has 0 rings (SSSR count). The normalized spacial score (nSPS) is 13.2. The first-order valence-electron chi connectivity index (χ1n) is 9.03. The molecule has 0 fully saturated rings. The molecule has 0 radical (unpaired) electrons. The van der Waals surface area contributed by atoms with Crippen molar-refractivity contribution in [2.45, 2.75) is 39.5 Å². The number of hydrogen-bond donors (Lipinski definition) is 0. The van der Waals surface area contributed by atoms with Crippen molar-refractivity contribution in [2.24, 2.45) is 11.8 Å². The Morgan fingerprint density at radius 2 is 1.12 bits per heavy atom. The molecule has 0 N–H and O–H groups in total. The molecule has 5 heteroatoms. The lowest BCUT2D eigenvalue weighted by molar-refractivity contribution is -0.115. The summed E-state index contributed by atoms with van der Waals surface area (Å²) in [7, 11) is 0. The quantitative estimate of drug-likeness (QED) is 0.279. The van der Waals surface area contributed by atoms with E-state index in [2.05, 4.69) is 27.0 Å². The van der Waals surface area contributed by atoms with Crippen molar-refractivity contribution in [1.82, 2.24) is 0 Å². The van der Waals surface area contributed by atoms with E-state index in [1.807, 2.05) is 0 Å². The van der Waals surface area contributed by atoms with Gasteiger partial charge in [-0.15, -0.1) is 0 Å². The van der Waals surface area contributed by atoms with Gasteiger partial charge in [-0.2, -0.15) is 0 Å². The van der Waals surface area contributed by atoms with E-state index in [1.54, 1.807) is 0 Å². The van der Waals surface area contributed by atoms with E-state index in [9.17, 15) is 9.59 Å². The molecule has 0 saturated heterocycles. The Kier molecular flexibility index (Phi) is 15.3. The van der Waals surface area contributed by atoms with Crippen LogP contribution in [0.3, 0.4) is 0 Å². The van der Waals surface area contributed by atoms with Crippen molar-refractivity contribution in [3.8, 4) is 0 Å². The van der Waals surface area contributed by atoms with Crippen molar-refractivity contribution < 1.29 is 23.8 Å². The number of carbonyl (C=O) groups excluding carboxylic acids is 2. The third-order valence-electron chi connectivity index (χ3n) is 3.77. The molecule has 0 aliphatic carbocycles. The molecule has 25 heavy (non-hydrogen) atoms. The molecule has 0 saturated carbocycles. The maximum atomic E-state index is 11.1. The fourth-order valence-electron chi connectivity index (χ4n) is 2.05. The highest BCUT2D eigenvalue weighted by Gasteiger charge is 2.06. The van der Waals surface area contributed by atoms with Gasteiger partial charge in [0.1, 0.15) is 0 Å². The maximum absolute atomic E-state index is 11.1. The van der Waals surface area contributed by atoms with Gasteiger partial charge in [-0.05, 0) is 36.8 Å². The molecule has 0 spiro atoms. The summed E-state index contributed by atoms with van der Waals surface area (Å²) in [5.41, 5.74) is 0. The van der Waals surface area contributed by atoms with E-state index in [1.165, 1.54) is 12.2 Å². The lowest BCUT2D eigenvalue weighted by Gasteiger charge is -2.12. The van der Waals surface area contributed by atoms with Crippen LogP contribution in [-0.4, -0.2) is 51.2 Å². The summed E-state index contributed by atoms with van der Waals surface area (Å²) in [6.07, 6.45) is 5.42. The van der Waals surface area contributed by atoms with Gasteiger partial charge in [0.25, 0.3) is 0 Å². The van der Waals surface area contributed by atoms with Gasteiger partial charge in [-0.25, -0.2) is 0 Å². The van der Waals surface area contributed by atoms with E-state index < -0.39 is 0 Å². The molecule has 0 aromatic carbocycles. The monoisotopic (exact) mass is 354 g/mol. The largest absolute Gasteiger partial charge is 0.379 e. The second kappa shape index (κ2) is 16.2. The number of rotatable bonds is 18. The number of ether oxygens (including phenoxy) is 3. The number of carbonyl (C=O) groups is 2. The van der Waals surface area contributed by atoms with Gasteiger partial charge in [0.2, 0.25) is 0 Å². The Bertz CT molecular complexity index is 356. The minimum Gasteiger partial charge on any atom is -0.379 e.